The number of nitrogens with one attached hydrogen (secondary N) is 1. The highest BCUT2D eigenvalue weighted by Crippen LogP contribution is 2.25. The monoisotopic (exact) mass is 387 g/mol. The predicted octanol–water partition coefficient (Wildman–Crippen LogP) is 2.68. The van der Waals surface area contributed by atoms with Crippen LogP contribution in [0.2, 0.25) is 10.0 Å². The normalized spacial score (nSPS) is 19.7. The van der Waals surface area contributed by atoms with Gasteiger partial charge < -0.3 is 20.7 Å². The summed E-state index contributed by atoms with van der Waals surface area (Å²) in [5, 5.41) is 3.54. The molecule has 2 atom stereocenters. The first-order valence-corrected chi connectivity index (χ1v) is 9.09. The highest BCUT2D eigenvalue weighted by molar-refractivity contribution is 6.36. The first kappa shape index (κ1) is 20.0. The third-order valence-corrected chi connectivity index (χ3v) is 4.54. The van der Waals surface area contributed by atoms with Crippen LogP contribution in [0.25, 0.3) is 0 Å². The lowest BCUT2D eigenvalue weighted by molar-refractivity contribution is -0.144. The molecule has 0 spiro atoms. The lowest BCUT2D eigenvalue weighted by atomic mass is 10.1. The van der Waals surface area contributed by atoms with E-state index < -0.39 is 6.10 Å². The second-order valence-electron chi connectivity index (χ2n) is 5.99. The molecule has 8 heteroatoms. The molecule has 1 aliphatic heterocycles. The molecule has 1 saturated heterocycles. The number of anilines is 1. The van der Waals surface area contributed by atoms with Gasteiger partial charge in [0.05, 0.1) is 23.4 Å². The highest BCUT2D eigenvalue weighted by atomic mass is 35.5. The zero-order valence-corrected chi connectivity index (χ0v) is 15.6. The zero-order valence-electron chi connectivity index (χ0n) is 14.1. The van der Waals surface area contributed by atoms with Crippen molar-refractivity contribution in [2.75, 3.05) is 25.0 Å². The van der Waals surface area contributed by atoms with Crippen LogP contribution in [-0.2, 0) is 14.3 Å². The number of carbonyl (C=O) groups is 2. The Balaban J connectivity index is 1.98. The summed E-state index contributed by atoms with van der Waals surface area (Å²) in [6.07, 6.45) is 1.53. The van der Waals surface area contributed by atoms with Crippen LogP contribution in [0, 0.1) is 0 Å². The minimum Gasteiger partial charge on any atom is -0.364 e. The Kier molecular flexibility index (Phi) is 7.50. The van der Waals surface area contributed by atoms with Crippen molar-refractivity contribution < 1.29 is 14.3 Å². The quantitative estimate of drug-likeness (QED) is 0.752. The largest absolute Gasteiger partial charge is 0.364 e. The van der Waals surface area contributed by atoms with Crippen molar-refractivity contribution in [1.82, 2.24) is 4.90 Å². The van der Waals surface area contributed by atoms with Gasteiger partial charge in [-0.1, -0.05) is 30.1 Å². The van der Waals surface area contributed by atoms with E-state index >= 15 is 0 Å². The number of nitrogens with zero attached hydrogens (tertiary/aromatic N) is 1. The molecule has 0 radical (unpaired) electrons. The molecule has 0 aromatic heterocycles. The molecule has 0 saturated carbocycles. The van der Waals surface area contributed by atoms with Gasteiger partial charge in [0.1, 0.15) is 6.10 Å². The molecule has 1 aromatic carbocycles. The molecule has 1 heterocycles. The fraction of sp³-hybridized carbons (Fsp3) is 0.529. The van der Waals surface area contributed by atoms with Gasteiger partial charge in [-0.3, -0.25) is 9.59 Å². The number of amides is 2. The first-order valence-electron chi connectivity index (χ1n) is 8.33. The standard InChI is InChI=1S/C17H23Cl2N3O3/c1-2-7-22(17(24)15-6-4-12(9-20)25-15)10-16(23)21-14-5-3-11(18)8-13(14)19/h3,5,8,12,15H,2,4,6-7,9-10,20H2,1H3,(H,21,23)/t12-,15+/m1/s1. The van der Waals surface area contributed by atoms with E-state index in [0.29, 0.717) is 35.2 Å². The van der Waals surface area contributed by atoms with Crippen LogP contribution < -0.4 is 11.1 Å². The Labute approximate surface area is 157 Å². The maximum Gasteiger partial charge on any atom is 0.252 e. The molecule has 1 aromatic rings. The van der Waals surface area contributed by atoms with E-state index in [1.54, 1.807) is 18.2 Å². The minimum atomic E-state index is -0.521. The van der Waals surface area contributed by atoms with Gasteiger partial charge in [0, 0.05) is 18.1 Å². The zero-order chi connectivity index (χ0) is 18.4. The summed E-state index contributed by atoms with van der Waals surface area (Å²) >= 11 is 11.9. The summed E-state index contributed by atoms with van der Waals surface area (Å²) in [5.74, 6) is -0.491. The maximum absolute atomic E-state index is 12.6. The Morgan fingerprint density at radius 2 is 2.12 bits per heavy atom. The van der Waals surface area contributed by atoms with E-state index in [4.69, 9.17) is 33.7 Å². The van der Waals surface area contributed by atoms with Crippen LogP contribution in [-0.4, -0.2) is 48.6 Å². The van der Waals surface area contributed by atoms with Gasteiger partial charge in [-0.25, -0.2) is 0 Å². The number of hydrogen-bond acceptors (Lipinski definition) is 4. The predicted molar refractivity (Wildman–Crippen MR) is 98.9 cm³/mol. The third-order valence-electron chi connectivity index (χ3n) is 3.99. The summed E-state index contributed by atoms with van der Waals surface area (Å²) in [6, 6.07) is 4.81. The molecule has 0 unspecified atom stereocenters. The summed E-state index contributed by atoms with van der Waals surface area (Å²) < 4.78 is 5.65. The van der Waals surface area contributed by atoms with Crippen LogP contribution in [0.15, 0.2) is 18.2 Å². The highest BCUT2D eigenvalue weighted by Gasteiger charge is 2.33. The number of benzene rings is 1. The van der Waals surface area contributed by atoms with Gasteiger partial charge in [0.15, 0.2) is 0 Å². The average Bonchev–Trinajstić information content (AvgIpc) is 3.05. The Bertz CT molecular complexity index is 627. The smallest absolute Gasteiger partial charge is 0.252 e. The van der Waals surface area contributed by atoms with Gasteiger partial charge >= 0.3 is 0 Å². The second kappa shape index (κ2) is 9.38. The van der Waals surface area contributed by atoms with Crippen LogP contribution in [0.5, 0.6) is 0 Å². The van der Waals surface area contributed by atoms with Gasteiger partial charge in [-0.2, -0.15) is 0 Å². The van der Waals surface area contributed by atoms with E-state index in [2.05, 4.69) is 5.32 Å². The van der Waals surface area contributed by atoms with Gasteiger partial charge in [0.25, 0.3) is 5.91 Å². The van der Waals surface area contributed by atoms with Crippen molar-refractivity contribution >= 4 is 40.7 Å². The number of hydrogen-bond donors (Lipinski definition) is 2. The summed E-state index contributed by atoms with van der Waals surface area (Å²) in [6.45, 7) is 2.77. The van der Waals surface area contributed by atoms with Gasteiger partial charge in [-0.15, -0.1) is 0 Å². The molecule has 6 nitrogen and oxygen atoms in total. The van der Waals surface area contributed by atoms with Gasteiger partial charge in [-0.05, 0) is 37.5 Å². The van der Waals surface area contributed by atoms with Crippen LogP contribution >= 0.6 is 23.2 Å². The number of nitrogens with two attached hydrogens (primary N) is 1. The molecule has 2 amide bonds. The van der Waals surface area contributed by atoms with Crippen LogP contribution in [0.4, 0.5) is 5.69 Å². The van der Waals surface area contributed by atoms with Crippen LogP contribution in [0.1, 0.15) is 26.2 Å². The maximum atomic E-state index is 12.6. The van der Waals surface area contributed by atoms with Crippen molar-refractivity contribution in [3.05, 3.63) is 28.2 Å². The third kappa shape index (κ3) is 5.57. The molecule has 138 valence electrons. The molecular weight excluding hydrogens is 365 g/mol. The second-order valence-corrected chi connectivity index (χ2v) is 6.84. The average molecular weight is 388 g/mol. The van der Waals surface area contributed by atoms with E-state index in [1.807, 2.05) is 6.92 Å². The van der Waals surface area contributed by atoms with Crippen molar-refractivity contribution in [2.24, 2.45) is 5.73 Å². The number of rotatable bonds is 7. The molecule has 3 N–H and O–H groups in total. The van der Waals surface area contributed by atoms with E-state index in [0.717, 1.165) is 12.8 Å². The lowest BCUT2D eigenvalue weighted by Crippen LogP contribution is -2.44. The van der Waals surface area contributed by atoms with Crippen molar-refractivity contribution in [3.8, 4) is 0 Å². The fourth-order valence-electron chi connectivity index (χ4n) is 2.76. The molecular formula is C17H23Cl2N3O3. The first-order chi connectivity index (χ1) is 11.9. The summed E-state index contributed by atoms with van der Waals surface area (Å²) in [5.41, 5.74) is 6.05. The van der Waals surface area contributed by atoms with Crippen molar-refractivity contribution in [3.63, 3.8) is 0 Å². The molecule has 2 rings (SSSR count). The minimum absolute atomic E-state index is 0.0568. The molecule has 0 aliphatic carbocycles. The van der Waals surface area contributed by atoms with E-state index in [1.165, 1.54) is 4.90 Å². The number of halogens is 2. The van der Waals surface area contributed by atoms with Crippen molar-refractivity contribution in [1.29, 1.82) is 0 Å². The van der Waals surface area contributed by atoms with Gasteiger partial charge in [0.2, 0.25) is 5.91 Å². The molecule has 0 bridgehead atoms. The number of ether oxygens (including phenoxy) is 1. The van der Waals surface area contributed by atoms with Crippen molar-refractivity contribution in [2.45, 2.75) is 38.4 Å². The fourth-order valence-corrected chi connectivity index (χ4v) is 3.21. The lowest BCUT2D eigenvalue weighted by Gasteiger charge is -2.25. The molecule has 1 fully saturated rings. The van der Waals surface area contributed by atoms with E-state index in [9.17, 15) is 9.59 Å². The molecule has 25 heavy (non-hydrogen) atoms. The SMILES string of the molecule is CCCN(CC(=O)Nc1ccc(Cl)cc1Cl)C(=O)[C@@H]1CC[C@H](CN)O1. The Hall–Kier alpha value is -1.34. The van der Waals surface area contributed by atoms with E-state index in [-0.39, 0.29) is 24.5 Å². The topological polar surface area (TPSA) is 84.7 Å². The number of carbonyl (C=O) groups excluding carboxylic acids is 2. The summed E-state index contributed by atoms with van der Waals surface area (Å²) in [7, 11) is 0. The Morgan fingerprint density at radius 3 is 2.72 bits per heavy atom. The Morgan fingerprint density at radius 1 is 1.36 bits per heavy atom. The van der Waals surface area contributed by atoms with Crippen LogP contribution in [0.3, 0.4) is 0 Å². The molecule has 1 aliphatic rings. The summed E-state index contributed by atoms with van der Waals surface area (Å²) in [4.78, 5) is 26.5.